The van der Waals surface area contributed by atoms with E-state index >= 15 is 0 Å². The van der Waals surface area contributed by atoms with Crippen LogP contribution >= 0.6 is 0 Å². The summed E-state index contributed by atoms with van der Waals surface area (Å²) >= 11 is 0. The fourth-order valence-corrected chi connectivity index (χ4v) is 4.47. The summed E-state index contributed by atoms with van der Waals surface area (Å²) in [4.78, 5) is 41.7. The van der Waals surface area contributed by atoms with Crippen LogP contribution < -0.4 is 47.9 Å². The average molecular weight is 667 g/mol. The van der Waals surface area contributed by atoms with Crippen molar-refractivity contribution >= 4 is 53.5 Å². The highest BCUT2D eigenvalue weighted by molar-refractivity contribution is 5.49. The van der Waals surface area contributed by atoms with E-state index in [-0.39, 0.29) is 36.6 Å². The van der Waals surface area contributed by atoms with Crippen molar-refractivity contribution in [3.8, 4) is 0 Å². The van der Waals surface area contributed by atoms with Crippen LogP contribution in [-0.2, 0) is 0 Å². The maximum atomic E-state index is 4.64. The monoisotopic (exact) mass is 666 g/mol. The van der Waals surface area contributed by atoms with E-state index in [1.807, 2.05) is 0 Å². The summed E-state index contributed by atoms with van der Waals surface area (Å²) in [5.74, 6) is 3.54. The van der Waals surface area contributed by atoms with E-state index in [9.17, 15) is 0 Å². The van der Waals surface area contributed by atoms with Gasteiger partial charge in [0, 0.05) is 16.6 Å². The first-order chi connectivity index (χ1) is 22.9. The van der Waals surface area contributed by atoms with Gasteiger partial charge >= 0.3 is 0 Å². The summed E-state index contributed by atoms with van der Waals surface area (Å²) in [5.41, 5.74) is -0.564. The van der Waals surface area contributed by atoms with Gasteiger partial charge in [-0.05, 0) is 59.3 Å². The van der Waals surface area contributed by atoms with Gasteiger partial charge in [0.15, 0.2) is 0 Å². The molecular formula is C30H54N18. The minimum absolute atomic E-state index is 0.188. The van der Waals surface area contributed by atoms with Crippen molar-refractivity contribution in [1.82, 2.24) is 44.9 Å². The van der Waals surface area contributed by atoms with Crippen LogP contribution in [0.5, 0.6) is 0 Å². The van der Waals surface area contributed by atoms with Crippen LogP contribution in [0.1, 0.15) is 101 Å². The lowest BCUT2D eigenvalue weighted by atomic mass is 9.96. The molecule has 1 aliphatic heterocycles. The Morgan fingerprint density at radius 2 is 0.562 bits per heavy atom. The van der Waals surface area contributed by atoms with Crippen molar-refractivity contribution < 1.29 is 0 Å². The molecule has 6 bridgehead atoms. The van der Waals surface area contributed by atoms with E-state index in [4.69, 9.17) is 0 Å². The molecule has 0 saturated carbocycles. The third-order valence-electron chi connectivity index (χ3n) is 9.31. The predicted molar refractivity (Wildman–Crippen MR) is 194 cm³/mol. The highest BCUT2D eigenvalue weighted by Crippen LogP contribution is 2.24. The Labute approximate surface area is 283 Å². The third-order valence-corrected chi connectivity index (χ3v) is 9.31. The molecule has 0 radical (unpaired) electrons. The number of hydrogen-bond acceptors (Lipinski definition) is 18. The molecule has 18 nitrogen and oxygen atoms in total. The van der Waals surface area contributed by atoms with Crippen LogP contribution in [0, 0.1) is 0 Å². The first kappa shape index (κ1) is 36.1. The van der Waals surface area contributed by atoms with Crippen LogP contribution in [0.2, 0.25) is 0 Å². The Kier molecular flexibility index (Phi) is 11.9. The number of rotatable bonds is 12. The van der Waals surface area contributed by atoms with E-state index in [1.165, 1.54) is 0 Å². The number of hydrogen-bond donors (Lipinski definition) is 9. The molecule has 0 unspecified atom stereocenters. The molecule has 9 N–H and O–H groups in total. The molecule has 4 rings (SSSR count). The van der Waals surface area contributed by atoms with Gasteiger partial charge in [0.1, 0.15) is 0 Å². The van der Waals surface area contributed by atoms with Gasteiger partial charge in [0.2, 0.25) is 53.5 Å². The zero-order chi connectivity index (χ0) is 34.8. The summed E-state index contributed by atoms with van der Waals surface area (Å²) in [6.45, 7) is 20.0. The lowest BCUT2D eigenvalue weighted by Crippen LogP contribution is -2.34. The lowest BCUT2D eigenvalue weighted by molar-refractivity contribution is 0.474. The van der Waals surface area contributed by atoms with Crippen molar-refractivity contribution in [2.45, 2.75) is 117 Å². The van der Waals surface area contributed by atoms with Gasteiger partial charge in [0.25, 0.3) is 0 Å². The van der Waals surface area contributed by atoms with Crippen LogP contribution in [0.25, 0.3) is 0 Å². The number of nitrogens with one attached hydrogen (secondary N) is 9. The molecule has 0 aromatic carbocycles. The third kappa shape index (κ3) is 9.87. The Morgan fingerprint density at radius 3 is 0.729 bits per heavy atom. The summed E-state index contributed by atoms with van der Waals surface area (Å²) in [5, 5.41) is 29.8. The Bertz CT molecular complexity index is 1230. The number of fused-ring (bicyclic) bond motifs is 6. The molecule has 0 aliphatic carbocycles. The Hall–Kier alpha value is -4.77. The molecular weight excluding hydrogens is 612 g/mol. The van der Waals surface area contributed by atoms with E-state index < -0.39 is 0 Å². The van der Waals surface area contributed by atoms with Crippen LogP contribution in [-0.4, -0.2) is 81.5 Å². The van der Waals surface area contributed by atoms with E-state index in [1.54, 1.807) is 0 Å². The smallest absolute Gasteiger partial charge is 0.230 e. The van der Waals surface area contributed by atoms with Gasteiger partial charge in [-0.25, -0.2) is 0 Å². The molecule has 0 spiro atoms. The second kappa shape index (κ2) is 15.9. The highest BCUT2D eigenvalue weighted by atomic mass is 15.4. The van der Waals surface area contributed by atoms with E-state index in [0.29, 0.717) is 53.5 Å². The van der Waals surface area contributed by atoms with Crippen LogP contribution in [0.15, 0.2) is 0 Å². The molecule has 0 amide bonds. The van der Waals surface area contributed by atoms with Gasteiger partial charge in [-0.2, -0.15) is 44.9 Å². The van der Waals surface area contributed by atoms with Gasteiger partial charge in [-0.15, -0.1) is 0 Å². The second-order valence-electron chi connectivity index (χ2n) is 12.7. The number of nitrogens with zero attached hydrogens (tertiary/aromatic N) is 9. The van der Waals surface area contributed by atoms with Crippen molar-refractivity contribution in [2.24, 2.45) is 0 Å². The van der Waals surface area contributed by atoms with E-state index in [2.05, 4.69) is 155 Å². The molecule has 3 aromatic rings. The largest absolute Gasteiger partial charge is 0.349 e. The highest BCUT2D eigenvalue weighted by Gasteiger charge is 2.24. The minimum atomic E-state index is -0.188. The predicted octanol–water partition coefficient (Wildman–Crippen LogP) is 4.97. The molecule has 4 heterocycles. The number of anilines is 9. The maximum Gasteiger partial charge on any atom is 0.230 e. The Morgan fingerprint density at radius 1 is 0.375 bits per heavy atom. The molecule has 1 aliphatic rings. The number of aromatic nitrogens is 9. The topological polar surface area (TPSA) is 224 Å². The SMILES string of the molecule is CCC(C)(CC)Nc1nc2nc(n1)NCNc1nc(nc(NC(C)(CC)CC)n1)NCNc1nc(nc(NC(C)(CC)CC)n1)NCN2. The molecule has 18 heteroatoms. The normalized spacial score (nSPS) is 13.9. The first-order valence-electron chi connectivity index (χ1n) is 17.0. The molecule has 264 valence electrons. The van der Waals surface area contributed by atoms with Gasteiger partial charge < -0.3 is 47.9 Å². The van der Waals surface area contributed by atoms with Crippen molar-refractivity contribution in [3.05, 3.63) is 0 Å². The van der Waals surface area contributed by atoms with Gasteiger partial charge in [0.05, 0.1) is 20.0 Å². The molecule has 48 heavy (non-hydrogen) atoms. The summed E-state index contributed by atoms with van der Waals surface area (Å²) in [6.07, 6.45) is 5.37. The molecule has 0 atom stereocenters. The Balaban J connectivity index is 1.71. The van der Waals surface area contributed by atoms with Crippen molar-refractivity contribution in [3.63, 3.8) is 0 Å². The summed E-state index contributed by atoms with van der Waals surface area (Å²) in [7, 11) is 0. The zero-order valence-corrected chi connectivity index (χ0v) is 29.9. The quantitative estimate of drug-likeness (QED) is 0.124. The lowest BCUT2D eigenvalue weighted by Gasteiger charge is -2.28. The van der Waals surface area contributed by atoms with Crippen LogP contribution in [0.4, 0.5) is 53.5 Å². The minimum Gasteiger partial charge on any atom is -0.349 e. The van der Waals surface area contributed by atoms with Crippen molar-refractivity contribution in [2.75, 3.05) is 67.9 Å². The molecule has 3 aromatic heterocycles. The standard InChI is InChI=1S/C30H54N18/c1-10-28(7,11-2)46-25-40-19-31-16-33-21-38-23(44-26(42-21)47-29(8,12-3)13-4)35-18-36-24-39-22(34-17-32-20(37-19)41-25)43-27(45-24)48-30(9,14-5)15-6/h10-18H2,1-9H3,(H3,31,32,37,40,41,46)(H3,33,35,38,42,44,47)(H3,34,36,39,43,45,48). The fraction of sp³-hybridized carbons (Fsp3) is 0.700. The fourth-order valence-electron chi connectivity index (χ4n) is 4.47. The second-order valence-corrected chi connectivity index (χ2v) is 12.7. The summed E-state index contributed by atoms with van der Waals surface area (Å²) < 4.78 is 0. The van der Waals surface area contributed by atoms with Crippen molar-refractivity contribution in [1.29, 1.82) is 0 Å². The molecule has 0 saturated heterocycles. The average Bonchev–Trinajstić information content (AvgIpc) is 3.07. The maximum absolute atomic E-state index is 4.64. The first-order valence-corrected chi connectivity index (χ1v) is 17.0. The van der Waals surface area contributed by atoms with Gasteiger partial charge in [-0.1, -0.05) is 41.5 Å². The molecule has 0 fully saturated rings. The zero-order valence-electron chi connectivity index (χ0n) is 29.9. The van der Waals surface area contributed by atoms with Crippen LogP contribution in [0.3, 0.4) is 0 Å². The van der Waals surface area contributed by atoms with Gasteiger partial charge in [-0.3, -0.25) is 0 Å². The summed E-state index contributed by atoms with van der Waals surface area (Å²) in [6, 6.07) is 0. The van der Waals surface area contributed by atoms with E-state index in [0.717, 1.165) is 38.5 Å².